The Labute approximate surface area is 215 Å². The fourth-order valence-electron chi connectivity index (χ4n) is 4.58. The van der Waals surface area contributed by atoms with Gasteiger partial charge in [-0.1, -0.05) is 116 Å². The molecule has 2 nitrogen and oxygen atoms in total. The maximum absolute atomic E-state index is 14.6. The van der Waals surface area contributed by atoms with Crippen LogP contribution in [0.4, 0.5) is 4.39 Å². The summed E-state index contributed by atoms with van der Waals surface area (Å²) in [5.74, 6) is 0.0429. The standard InChI is InChI=1S/C32H50FNO/c1-3-5-7-9-11-13-14-16-18-20-28-21-23-31(34-27-28)29-22-24-32(30(33)26-29)35-25-19-17-15-12-10-8-6-4-2/h21-24,26-27H,3-20,25H2,1-2H3. The van der Waals surface area contributed by atoms with Crippen molar-refractivity contribution in [3.05, 3.63) is 47.9 Å². The topological polar surface area (TPSA) is 22.1 Å². The van der Waals surface area contributed by atoms with E-state index in [0.29, 0.717) is 12.4 Å². The summed E-state index contributed by atoms with van der Waals surface area (Å²) in [6.07, 6.45) is 25.1. The molecule has 0 amide bonds. The smallest absolute Gasteiger partial charge is 0.165 e. The first-order valence-electron chi connectivity index (χ1n) is 14.6. The van der Waals surface area contributed by atoms with Crippen LogP contribution in [0.15, 0.2) is 36.5 Å². The molecule has 0 N–H and O–H groups in total. The molecule has 0 unspecified atom stereocenters. The maximum atomic E-state index is 14.6. The lowest BCUT2D eigenvalue weighted by Crippen LogP contribution is -1.99. The minimum Gasteiger partial charge on any atom is -0.491 e. The zero-order valence-corrected chi connectivity index (χ0v) is 22.6. The van der Waals surface area contributed by atoms with Gasteiger partial charge in [0.05, 0.1) is 12.3 Å². The van der Waals surface area contributed by atoms with Gasteiger partial charge in [-0.25, -0.2) is 4.39 Å². The van der Waals surface area contributed by atoms with Gasteiger partial charge < -0.3 is 4.74 Å². The highest BCUT2D eigenvalue weighted by Crippen LogP contribution is 2.25. The quantitative estimate of drug-likeness (QED) is 0.165. The number of nitrogens with zero attached hydrogens (tertiary/aromatic N) is 1. The highest BCUT2D eigenvalue weighted by molar-refractivity contribution is 5.60. The first kappa shape index (κ1) is 29.3. The number of hydrogen-bond donors (Lipinski definition) is 0. The van der Waals surface area contributed by atoms with Crippen LogP contribution in [-0.2, 0) is 6.42 Å². The van der Waals surface area contributed by atoms with Crippen LogP contribution in [0.25, 0.3) is 11.3 Å². The van der Waals surface area contributed by atoms with Gasteiger partial charge in [-0.15, -0.1) is 0 Å². The summed E-state index contributed by atoms with van der Waals surface area (Å²) in [6.45, 7) is 5.09. The van der Waals surface area contributed by atoms with Gasteiger partial charge in [-0.3, -0.25) is 4.98 Å². The third-order valence-electron chi connectivity index (χ3n) is 6.88. The number of halogens is 1. The number of benzene rings is 1. The van der Waals surface area contributed by atoms with Crippen LogP contribution in [0.3, 0.4) is 0 Å². The van der Waals surface area contributed by atoms with Crippen molar-refractivity contribution in [3.8, 4) is 17.0 Å². The molecule has 1 aromatic carbocycles. The molecule has 0 atom stereocenters. The van der Waals surface area contributed by atoms with Crippen molar-refractivity contribution < 1.29 is 9.13 Å². The van der Waals surface area contributed by atoms with E-state index < -0.39 is 0 Å². The number of unbranched alkanes of at least 4 members (excludes halogenated alkanes) is 15. The van der Waals surface area contributed by atoms with Crippen LogP contribution in [0, 0.1) is 5.82 Å². The van der Waals surface area contributed by atoms with E-state index in [1.165, 1.54) is 102 Å². The van der Waals surface area contributed by atoms with Crippen LogP contribution in [-0.4, -0.2) is 11.6 Å². The van der Waals surface area contributed by atoms with E-state index in [1.807, 2.05) is 18.3 Å². The van der Waals surface area contributed by atoms with Gasteiger partial charge in [0.2, 0.25) is 0 Å². The van der Waals surface area contributed by atoms with E-state index in [1.54, 1.807) is 12.1 Å². The zero-order chi connectivity index (χ0) is 25.0. The molecule has 0 bridgehead atoms. The van der Waals surface area contributed by atoms with E-state index >= 15 is 0 Å². The lowest BCUT2D eigenvalue weighted by molar-refractivity contribution is 0.290. The molecule has 0 saturated carbocycles. The summed E-state index contributed by atoms with van der Waals surface area (Å²) >= 11 is 0. The van der Waals surface area contributed by atoms with Crippen molar-refractivity contribution >= 4 is 0 Å². The first-order chi connectivity index (χ1) is 17.2. The van der Waals surface area contributed by atoms with Crippen molar-refractivity contribution in [2.45, 2.75) is 129 Å². The highest BCUT2D eigenvalue weighted by atomic mass is 19.1. The van der Waals surface area contributed by atoms with Crippen molar-refractivity contribution in [2.75, 3.05) is 6.61 Å². The Balaban J connectivity index is 1.63. The molecule has 0 aliphatic carbocycles. The lowest BCUT2D eigenvalue weighted by Gasteiger charge is -2.09. The molecule has 35 heavy (non-hydrogen) atoms. The van der Waals surface area contributed by atoms with Gasteiger partial charge in [0.1, 0.15) is 0 Å². The van der Waals surface area contributed by atoms with Crippen LogP contribution in [0.2, 0.25) is 0 Å². The average molecular weight is 484 g/mol. The van der Waals surface area contributed by atoms with Gasteiger partial charge >= 0.3 is 0 Å². The number of hydrogen-bond acceptors (Lipinski definition) is 2. The van der Waals surface area contributed by atoms with Crippen molar-refractivity contribution in [2.24, 2.45) is 0 Å². The summed E-state index contributed by atoms with van der Waals surface area (Å²) in [7, 11) is 0. The monoisotopic (exact) mass is 483 g/mol. The minimum absolute atomic E-state index is 0.303. The van der Waals surface area contributed by atoms with Crippen molar-refractivity contribution in [1.82, 2.24) is 4.98 Å². The van der Waals surface area contributed by atoms with E-state index in [9.17, 15) is 4.39 Å². The summed E-state index contributed by atoms with van der Waals surface area (Å²) in [6, 6.07) is 9.35. The molecule has 0 saturated heterocycles. The largest absolute Gasteiger partial charge is 0.491 e. The molecular formula is C32H50FNO. The molecule has 0 aliphatic heterocycles. The van der Waals surface area contributed by atoms with Gasteiger partial charge in [0, 0.05) is 11.8 Å². The van der Waals surface area contributed by atoms with E-state index in [2.05, 4.69) is 24.9 Å². The number of aromatic nitrogens is 1. The fourth-order valence-corrected chi connectivity index (χ4v) is 4.58. The van der Waals surface area contributed by atoms with Gasteiger partial charge in [-0.2, -0.15) is 0 Å². The third-order valence-corrected chi connectivity index (χ3v) is 6.88. The van der Waals surface area contributed by atoms with E-state index in [0.717, 1.165) is 30.5 Å². The van der Waals surface area contributed by atoms with Gasteiger partial charge in [0.15, 0.2) is 11.6 Å². The molecule has 1 heterocycles. The Kier molecular flexibility index (Phi) is 16.2. The molecule has 0 radical (unpaired) electrons. The molecule has 196 valence electrons. The number of rotatable bonds is 21. The Morgan fingerprint density at radius 1 is 0.657 bits per heavy atom. The second-order valence-electron chi connectivity index (χ2n) is 10.1. The normalized spacial score (nSPS) is 11.2. The second kappa shape index (κ2) is 19.3. The fraction of sp³-hybridized carbons (Fsp3) is 0.656. The summed E-state index contributed by atoms with van der Waals surface area (Å²) in [5, 5.41) is 0. The van der Waals surface area contributed by atoms with Crippen molar-refractivity contribution in [1.29, 1.82) is 0 Å². The Morgan fingerprint density at radius 2 is 1.23 bits per heavy atom. The second-order valence-corrected chi connectivity index (χ2v) is 10.1. The number of aryl methyl sites for hydroxylation is 1. The van der Waals surface area contributed by atoms with E-state index in [-0.39, 0.29) is 5.82 Å². The van der Waals surface area contributed by atoms with Gasteiger partial charge in [-0.05, 0) is 49.1 Å². The maximum Gasteiger partial charge on any atom is 0.165 e. The van der Waals surface area contributed by atoms with Gasteiger partial charge in [0.25, 0.3) is 0 Å². The lowest BCUT2D eigenvalue weighted by atomic mass is 10.0. The molecule has 0 spiro atoms. The van der Waals surface area contributed by atoms with Crippen LogP contribution >= 0.6 is 0 Å². The Bertz CT molecular complexity index is 774. The SMILES string of the molecule is CCCCCCCCCCCc1ccc(-c2ccc(OCCCCCCCCCC)c(F)c2)nc1. The Morgan fingerprint density at radius 3 is 1.77 bits per heavy atom. The van der Waals surface area contributed by atoms with E-state index in [4.69, 9.17) is 4.74 Å². The molecule has 2 rings (SSSR count). The first-order valence-corrected chi connectivity index (χ1v) is 14.6. The number of pyridine rings is 1. The minimum atomic E-state index is -0.303. The average Bonchev–Trinajstić information content (AvgIpc) is 2.88. The summed E-state index contributed by atoms with van der Waals surface area (Å²) in [5.41, 5.74) is 2.88. The molecule has 0 fully saturated rings. The van der Waals surface area contributed by atoms with Crippen LogP contribution < -0.4 is 4.74 Å². The summed E-state index contributed by atoms with van der Waals surface area (Å²) < 4.78 is 20.3. The van der Waals surface area contributed by atoms with Crippen LogP contribution in [0.5, 0.6) is 5.75 Å². The molecule has 0 aliphatic rings. The predicted octanol–water partition coefficient (Wildman–Crippen LogP) is 10.5. The predicted molar refractivity (Wildman–Crippen MR) is 149 cm³/mol. The highest BCUT2D eigenvalue weighted by Gasteiger charge is 2.08. The molecule has 3 heteroatoms. The molecule has 1 aromatic heterocycles. The third kappa shape index (κ3) is 13.1. The number of ether oxygens (including phenoxy) is 1. The molecule has 2 aromatic rings. The van der Waals surface area contributed by atoms with Crippen molar-refractivity contribution in [3.63, 3.8) is 0 Å². The zero-order valence-electron chi connectivity index (χ0n) is 22.6. The molecular weight excluding hydrogens is 433 g/mol. The Hall–Kier alpha value is -1.90. The summed E-state index contributed by atoms with van der Waals surface area (Å²) in [4.78, 5) is 4.59. The van der Waals surface area contributed by atoms with Crippen LogP contribution in [0.1, 0.15) is 129 Å².